The Balaban J connectivity index is -0.000000180. The van der Waals surface area contributed by atoms with Gasteiger partial charge in [-0.2, -0.15) is 0 Å². The van der Waals surface area contributed by atoms with Gasteiger partial charge in [0.2, 0.25) is 0 Å². The van der Waals surface area contributed by atoms with Crippen molar-refractivity contribution in [2.75, 3.05) is 0 Å². The summed E-state index contributed by atoms with van der Waals surface area (Å²) in [5.74, 6) is -2.44. The third-order valence-electron chi connectivity index (χ3n) is 0.549. The summed E-state index contributed by atoms with van der Waals surface area (Å²) in [4.78, 5) is 19.3. The summed E-state index contributed by atoms with van der Waals surface area (Å²) in [6.45, 7) is 1.47. The molecule has 0 radical (unpaired) electrons. The maximum absolute atomic E-state index is 9.85. The Morgan fingerprint density at radius 3 is 1.78 bits per heavy atom. The first kappa shape index (κ1) is 16.0. The zero-order chi connectivity index (χ0) is 5.86. The van der Waals surface area contributed by atoms with Gasteiger partial charge in [-0.05, 0) is 0 Å². The molecule has 0 aromatic heterocycles. The fourth-order valence-electron chi connectivity index (χ4n) is 0.144. The smallest absolute Gasteiger partial charge is 0.542 e. The van der Waals surface area contributed by atoms with E-state index >= 15 is 0 Å². The van der Waals surface area contributed by atoms with Crippen LogP contribution in [0.4, 0.5) is 0 Å². The molecule has 2 N–H and O–H groups in total. The molecule has 0 aromatic rings. The monoisotopic (exact) mass is 146 g/mol. The maximum Gasteiger partial charge on any atom is 1.00 e. The third-order valence-corrected chi connectivity index (χ3v) is 0.549. The van der Waals surface area contributed by atoms with Crippen LogP contribution in [-0.4, -0.2) is 17.2 Å². The summed E-state index contributed by atoms with van der Waals surface area (Å²) in [5.41, 5.74) is 0. The molecule has 0 saturated carbocycles. The zero-order valence-electron chi connectivity index (χ0n) is 5.43. The number of carboxylic acid groups (broad SMARTS) is 1. The third kappa shape index (κ3) is 8.10. The quantitative estimate of drug-likeness (QED) is 0.222. The van der Waals surface area contributed by atoms with Crippen LogP contribution in [0.2, 0.25) is 0 Å². The number of rotatable bonds is 2. The average Bonchev–Trinajstić information content (AvgIpc) is 1.65. The van der Waals surface area contributed by atoms with Crippen LogP contribution in [0.3, 0.4) is 0 Å². The molecule has 9 heavy (non-hydrogen) atoms. The van der Waals surface area contributed by atoms with Crippen molar-refractivity contribution in [2.45, 2.75) is 13.3 Å². The first-order chi connectivity index (χ1) is 3.18. The van der Waals surface area contributed by atoms with Crippen LogP contribution in [0.15, 0.2) is 0 Å². The Morgan fingerprint density at radius 1 is 1.44 bits per heavy atom. The van der Waals surface area contributed by atoms with E-state index in [4.69, 9.17) is 0 Å². The number of carbonyl (C=O) groups is 2. The maximum atomic E-state index is 9.85. The second-order valence-corrected chi connectivity index (χ2v) is 1.06. The van der Waals surface area contributed by atoms with E-state index in [1.165, 1.54) is 6.92 Å². The molecule has 0 bridgehead atoms. The Labute approximate surface area is 74.8 Å². The summed E-state index contributed by atoms with van der Waals surface area (Å²) in [6, 6.07) is 0. The van der Waals surface area contributed by atoms with E-state index in [0.717, 1.165) is 0 Å². The largest absolute Gasteiger partial charge is 1.00 e. The summed E-state index contributed by atoms with van der Waals surface area (Å²) in [6.07, 6.45) is 0.0162. The van der Waals surface area contributed by atoms with Crippen molar-refractivity contribution in [3.8, 4) is 0 Å². The predicted octanol–water partition coefficient (Wildman–Crippen LogP) is -5.11. The molecule has 0 atom stereocenters. The standard InChI is InChI=1S/C4H6O3.Na.H2O/c1-2-3(5)4(6)7;;/h2H2,1H3,(H,6,7);;1H2/q;+1;/p-1/i1+1,2+1,3+1,4+1;;. The van der Waals surface area contributed by atoms with Crippen LogP contribution < -0.4 is 34.7 Å². The molecular weight excluding hydrogens is 139 g/mol. The van der Waals surface area contributed by atoms with Crippen molar-refractivity contribution in [3.05, 3.63) is 0 Å². The van der Waals surface area contributed by atoms with Gasteiger partial charge in [0, 0.05) is 6.42 Å². The van der Waals surface area contributed by atoms with E-state index < -0.39 is 11.8 Å². The number of Topliss-reactive ketones (excluding diaryl/α,β-unsaturated/α-hetero) is 1. The molecule has 0 aromatic carbocycles. The Morgan fingerprint density at radius 2 is 1.78 bits per heavy atom. The van der Waals surface area contributed by atoms with E-state index in [9.17, 15) is 14.7 Å². The van der Waals surface area contributed by atoms with Crippen LogP contribution in [0.25, 0.3) is 0 Å². The van der Waals surface area contributed by atoms with Gasteiger partial charge in [-0.25, -0.2) is 0 Å². The van der Waals surface area contributed by atoms with Crippen molar-refractivity contribution >= 4 is 11.8 Å². The molecular formula is C4H7NaO4. The second kappa shape index (κ2) is 8.10. The van der Waals surface area contributed by atoms with Gasteiger partial charge in [-0.15, -0.1) is 0 Å². The van der Waals surface area contributed by atoms with Crippen molar-refractivity contribution in [1.82, 2.24) is 0 Å². The molecule has 5 heteroatoms. The van der Waals surface area contributed by atoms with Crippen LogP contribution in [0, 0.1) is 0 Å². The van der Waals surface area contributed by atoms with E-state index in [1.54, 1.807) is 0 Å². The molecule has 0 saturated heterocycles. The van der Waals surface area contributed by atoms with Crippen molar-refractivity contribution in [2.24, 2.45) is 0 Å². The normalized spacial score (nSPS) is 6.33. The SMILES string of the molecule is O.[13CH3][13CH2][13C](=O)[13C](=O)[O-].[Na+]. The zero-order valence-corrected chi connectivity index (χ0v) is 7.43. The molecule has 0 amide bonds. The fraction of sp³-hybridized carbons (Fsp3) is 0.500. The number of hydrogen-bond acceptors (Lipinski definition) is 3. The minimum Gasteiger partial charge on any atom is -0.542 e. The topological polar surface area (TPSA) is 88.7 Å². The molecule has 0 spiro atoms. The number of carbonyl (C=O) groups excluding carboxylic acids is 2. The molecule has 0 aliphatic carbocycles. The van der Waals surface area contributed by atoms with Crippen molar-refractivity contribution in [3.63, 3.8) is 0 Å². The fourth-order valence-corrected chi connectivity index (χ4v) is 0.144. The van der Waals surface area contributed by atoms with Gasteiger partial charge >= 0.3 is 29.6 Å². The number of aliphatic carboxylic acids is 1. The van der Waals surface area contributed by atoms with E-state index in [2.05, 4.69) is 0 Å². The summed E-state index contributed by atoms with van der Waals surface area (Å²) >= 11 is 0. The predicted molar refractivity (Wildman–Crippen MR) is 23.9 cm³/mol. The van der Waals surface area contributed by atoms with E-state index in [-0.39, 0.29) is 41.5 Å². The Kier molecular flexibility index (Phi) is 14.4. The van der Waals surface area contributed by atoms with Gasteiger partial charge in [-0.1, -0.05) is 6.92 Å². The van der Waals surface area contributed by atoms with E-state index in [0.29, 0.717) is 0 Å². The van der Waals surface area contributed by atoms with Gasteiger partial charge in [0.15, 0.2) is 5.78 Å². The summed E-state index contributed by atoms with van der Waals surface area (Å²) in [5, 5.41) is 9.47. The van der Waals surface area contributed by atoms with E-state index in [1.807, 2.05) is 0 Å². The van der Waals surface area contributed by atoms with Crippen molar-refractivity contribution in [1.29, 1.82) is 0 Å². The van der Waals surface area contributed by atoms with Crippen LogP contribution in [0.1, 0.15) is 13.3 Å². The second-order valence-electron chi connectivity index (χ2n) is 1.06. The molecule has 0 rings (SSSR count). The van der Waals surface area contributed by atoms with Crippen LogP contribution in [-0.2, 0) is 9.59 Å². The molecule has 48 valence electrons. The van der Waals surface area contributed by atoms with Crippen LogP contribution in [0.5, 0.6) is 0 Å². The summed E-state index contributed by atoms with van der Waals surface area (Å²) in [7, 11) is 0. The number of hydrogen-bond donors (Lipinski definition) is 0. The first-order valence-electron chi connectivity index (χ1n) is 1.92. The van der Waals surface area contributed by atoms with Crippen LogP contribution >= 0.6 is 0 Å². The minimum atomic E-state index is -1.59. The molecule has 4 nitrogen and oxygen atoms in total. The Bertz CT molecular complexity index is 101. The number of ketones is 1. The van der Waals surface area contributed by atoms with Gasteiger partial charge in [0.05, 0.1) is 0 Å². The molecule has 0 unspecified atom stereocenters. The number of carboxylic acids is 1. The summed E-state index contributed by atoms with van der Waals surface area (Å²) < 4.78 is 0. The van der Waals surface area contributed by atoms with Gasteiger partial charge in [0.1, 0.15) is 5.97 Å². The molecule has 0 aliphatic rings. The minimum absolute atomic E-state index is 0. The average molecular weight is 146 g/mol. The van der Waals surface area contributed by atoms with Crippen molar-refractivity contribution < 1.29 is 49.7 Å². The van der Waals surface area contributed by atoms with Gasteiger partial charge in [-0.3, -0.25) is 4.79 Å². The van der Waals surface area contributed by atoms with Gasteiger partial charge < -0.3 is 15.4 Å². The molecule has 0 fully saturated rings. The van der Waals surface area contributed by atoms with Gasteiger partial charge in [0.25, 0.3) is 0 Å². The first-order valence-corrected chi connectivity index (χ1v) is 1.92. The molecule has 0 heterocycles. The molecule has 0 aliphatic heterocycles. The Hall–Kier alpha value is 0.100.